The summed E-state index contributed by atoms with van der Waals surface area (Å²) < 4.78 is 0. The molecular formula is C18H28Si. The summed E-state index contributed by atoms with van der Waals surface area (Å²) in [4.78, 5) is 0. The third kappa shape index (κ3) is 2.71. The Hall–Kier alpha value is -0.823. The number of allylic oxidation sites excluding steroid dienone is 1. The minimum absolute atomic E-state index is 0.229. The van der Waals surface area contributed by atoms with Gasteiger partial charge in [-0.15, -0.1) is 0 Å². The van der Waals surface area contributed by atoms with E-state index in [1.165, 1.54) is 28.3 Å². The minimum atomic E-state index is -1.05. The molecule has 0 spiro atoms. The first kappa shape index (κ1) is 14.6. The Morgan fingerprint density at radius 3 is 2.26 bits per heavy atom. The van der Waals surface area contributed by atoms with Crippen molar-refractivity contribution in [2.45, 2.75) is 65.2 Å². The van der Waals surface area contributed by atoms with Crippen molar-refractivity contribution in [1.29, 1.82) is 0 Å². The van der Waals surface area contributed by atoms with Gasteiger partial charge in [-0.1, -0.05) is 64.2 Å². The van der Waals surface area contributed by atoms with Gasteiger partial charge in [0.25, 0.3) is 0 Å². The summed E-state index contributed by atoms with van der Waals surface area (Å²) in [5, 5.41) is 0. The molecule has 0 aliphatic heterocycles. The molecule has 0 saturated heterocycles. The van der Waals surface area contributed by atoms with Crippen molar-refractivity contribution in [2.24, 2.45) is 0 Å². The van der Waals surface area contributed by atoms with E-state index < -0.39 is 8.07 Å². The van der Waals surface area contributed by atoms with Crippen LogP contribution < -0.4 is 0 Å². The van der Waals surface area contributed by atoms with E-state index in [1.54, 1.807) is 5.57 Å². The van der Waals surface area contributed by atoms with Gasteiger partial charge < -0.3 is 0 Å². The van der Waals surface area contributed by atoms with Crippen molar-refractivity contribution >= 4 is 14.1 Å². The molecule has 0 nitrogen and oxygen atoms in total. The lowest BCUT2D eigenvalue weighted by molar-refractivity contribution is 0.636. The zero-order chi connectivity index (χ0) is 14.4. The zero-order valence-corrected chi connectivity index (χ0v) is 14.6. The van der Waals surface area contributed by atoms with E-state index in [1.807, 2.05) is 0 Å². The minimum Gasteiger partial charge on any atom is -0.0693 e. The fraction of sp³-hybridized carbons (Fsp3) is 0.556. The molecule has 1 aliphatic rings. The molecule has 0 amide bonds. The van der Waals surface area contributed by atoms with E-state index in [2.05, 4.69) is 65.5 Å². The smallest absolute Gasteiger partial charge is 0.0483 e. The largest absolute Gasteiger partial charge is 0.0693 e. The molecule has 0 unspecified atom stereocenters. The average Bonchev–Trinajstić information content (AvgIpc) is 2.48. The highest BCUT2D eigenvalue weighted by Crippen LogP contribution is 2.45. The maximum Gasteiger partial charge on any atom is 0.0483 e. The van der Waals surface area contributed by atoms with Gasteiger partial charge in [0, 0.05) is 13.5 Å². The van der Waals surface area contributed by atoms with E-state index in [4.69, 9.17) is 0 Å². The maximum absolute atomic E-state index is 2.48. The van der Waals surface area contributed by atoms with Crippen LogP contribution in [0.2, 0.25) is 25.7 Å². The van der Waals surface area contributed by atoms with Crippen LogP contribution in [0.4, 0.5) is 0 Å². The number of aryl methyl sites for hydroxylation is 2. The fourth-order valence-electron chi connectivity index (χ4n) is 3.20. The van der Waals surface area contributed by atoms with Crippen molar-refractivity contribution in [3.8, 4) is 0 Å². The van der Waals surface area contributed by atoms with Crippen LogP contribution in [0, 0.1) is 6.92 Å². The van der Waals surface area contributed by atoms with Gasteiger partial charge in [0.15, 0.2) is 0 Å². The van der Waals surface area contributed by atoms with E-state index in [0.29, 0.717) is 0 Å². The van der Waals surface area contributed by atoms with Crippen LogP contribution in [0.3, 0.4) is 0 Å². The first-order chi connectivity index (χ1) is 8.65. The Bertz CT molecular complexity index is 527. The molecule has 2 rings (SSSR count). The summed E-state index contributed by atoms with van der Waals surface area (Å²) >= 11 is 0. The van der Waals surface area contributed by atoms with Crippen LogP contribution in [-0.4, -0.2) is 8.07 Å². The van der Waals surface area contributed by atoms with Gasteiger partial charge in [-0.25, -0.2) is 0 Å². The summed E-state index contributed by atoms with van der Waals surface area (Å²) in [6, 6.07) is 6.17. The molecule has 19 heavy (non-hydrogen) atoms. The van der Waals surface area contributed by atoms with Crippen molar-refractivity contribution in [1.82, 2.24) is 0 Å². The summed E-state index contributed by atoms with van der Waals surface area (Å²) in [6.07, 6.45) is 3.61. The molecular weight excluding hydrogens is 244 g/mol. The molecule has 0 fully saturated rings. The zero-order valence-electron chi connectivity index (χ0n) is 13.6. The maximum atomic E-state index is 2.48. The van der Waals surface area contributed by atoms with E-state index >= 15 is 0 Å². The van der Waals surface area contributed by atoms with Crippen LogP contribution >= 0.6 is 0 Å². The van der Waals surface area contributed by atoms with Gasteiger partial charge in [-0.05, 0) is 41.6 Å². The first-order valence-electron chi connectivity index (χ1n) is 7.50. The van der Waals surface area contributed by atoms with Gasteiger partial charge in [-0.3, -0.25) is 0 Å². The molecule has 0 aromatic heterocycles. The lowest BCUT2D eigenvalue weighted by atomic mass is 9.81. The number of benzene rings is 1. The van der Waals surface area contributed by atoms with Gasteiger partial charge in [0.05, 0.1) is 0 Å². The molecule has 1 heteroatoms. The predicted octanol–water partition coefficient (Wildman–Crippen LogP) is 5.57. The second-order valence-electron chi connectivity index (χ2n) is 7.75. The molecule has 1 aliphatic carbocycles. The van der Waals surface area contributed by atoms with Crippen molar-refractivity contribution in [3.63, 3.8) is 0 Å². The lowest BCUT2D eigenvalue weighted by Gasteiger charge is -2.29. The summed E-state index contributed by atoms with van der Waals surface area (Å²) in [5.41, 5.74) is 7.84. The third-order valence-corrected chi connectivity index (χ3v) is 5.86. The number of hydrogen-bond acceptors (Lipinski definition) is 0. The molecule has 0 bridgehead atoms. The lowest BCUT2D eigenvalue weighted by Crippen LogP contribution is -2.26. The number of fused-ring (bicyclic) bond motifs is 1. The second-order valence-corrected chi connectivity index (χ2v) is 13.2. The summed E-state index contributed by atoms with van der Waals surface area (Å²) in [5.74, 6) is 0. The Balaban J connectivity index is 2.48. The molecule has 0 N–H and O–H groups in total. The van der Waals surface area contributed by atoms with Crippen LogP contribution in [0.1, 0.15) is 43.0 Å². The van der Waals surface area contributed by atoms with Crippen LogP contribution in [0.15, 0.2) is 17.7 Å². The fourth-order valence-corrected chi connectivity index (χ4v) is 4.88. The monoisotopic (exact) mass is 272 g/mol. The van der Waals surface area contributed by atoms with Gasteiger partial charge in [-0.2, -0.15) is 0 Å². The SMILES string of the molecule is CCc1cc2c(cc1C)C(C)(C)C(C[Si](C)(C)C)=C2. The Morgan fingerprint density at radius 1 is 1.11 bits per heavy atom. The summed E-state index contributed by atoms with van der Waals surface area (Å²) in [6.45, 7) is 16.7. The van der Waals surface area contributed by atoms with Crippen LogP contribution in [0.25, 0.3) is 6.08 Å². The van der Waals surface area contributed by atoms with E-state index in [9.17, 15) is 0 Å². The predicted molar refractivity (Wildman–Crippen MR) is 89.7 cm³/mol. The van der Waals surface area contributed by atoms with Crippen molar-refractivity contribution < 1.29 is 0 Å². The normalized spacial score (nSPS) is 17.3. The summed E-state index contributed by atoms with van der Waals surface area (Å²) in [7, 11) is -1.05. The standard InChI is InChI=1S/C18H28Si/c1-8-14-10-15-11-16(12-19(5,6)7)18(3,4)17(15)9-13(14)2/h9-11H,8,12H2,1-7H3. The Kier molecular flexibility index (Phi) is 3.55. The van der Waals surface area contributed by atoms with Gasteiger partial charge in [0.1, 0.15) is 0 Å². The first-order valence-corrected chi connectivity index (χ1v) is 11.2. The topological polar surface area (TPSA) is 0 Å². The quantitative estimate of drug-likeness (QED) is 0.631. The molecule has 0 atom stereocenters. The Labute approximate surface area is 119 Å². The molecule has 104 valence electrons. The van der Waals surface area contributed by atoms with E-state index in [0.717, 1.165) is 6.42 Å². The van der Waals surface area contributed by atoms with Crippen LogP contribution in [0.5, 0.6) is 0 Å². The van der Waals surface area contributed by atoms with Gasteiger partial charge >= 0.3 is 0 Å². The molecule has 1 aromatic carbocycles. The van der Waals surface area contributed by atoms with E-state index in [-0.39, 0.29) is 5.41 Å². The molecule has 0 heterocycles. The molecule has 0 radical (unpaired) electrons. The highest BCUT2D eigenvalue weighted by Gasteiger charge is 2.35. The number of hydrogen-bond donors (Lipinski definition) is 0. The third-order valence-electron chi connectivity index (χ3n) is 4.42. The average molecular weight is 273 g/mol. The number of rotatable bonds is 3. The highest BCUT2D eigenvalue weighted by atomic mass is 28.3. The molecule has 1 aromatic rings. The molecule has 0 saturated carbocycles. The second kappa shape index (κ2) is 4.62. The van der Waals surface area contributed by atoms with Crippen molar-refractivity contribution in [2.75, 3.05) is 0 Å². The van der Waals surface area contributed by atoms with Crippen LogP contribution in [-0.2, 0) is 11.8 Å². The highest BCUT2D eigenvalue weighted by molar-refractivity contribution is 6.76. The van der Waals surface area contributed by atoms with Gasteiger partial charge in [0.2, 0.25) is 0 Å². The van der Waals surface area contributed by atoms with Crippen molar-refractivity contribution in [3.05, 3.63) is 40.0 Å². The Morgan fingerprint density at radius 2 is 1.74 bits per heavy atom.